The van der Waals surface area contributed by atoms with Gasteiger partial charge in [0.1, 0.15) is 42.2 Å². The number of halogens is 1. The van der Waals surface area contributed by atoms with Gasteiger partial charge >= 0.3 is 6.09 Å². The van der Waals surface area contributed by atoms with Crippen LogP contribution in [0.25, 0.3) is 0 Å². The highest BCUT2D eigenvalue weighted by molar-refractivity contribution is 14.1. The minimum absolute atomic E-state index is 0.0151. The Morgan fingerprint density at radius 3 is 2.16 bits per heavy atom. The van der Waals surface area contributed by atoms with Crippen LogP contribution in [-0.2, 0) is 57.1 Å². The monoisotopic (exact) mass is 1350 g/mol. The Balaban J connectivity index is 1.26. The molecule has 472 valence electrons. The fourth-order valence-corrected chi connectivity index (χ4v) is 12.5. The summed E-state index contributed by atoms with van der Waals surface area (Å²) in [6.07, 6.45) is -14.3. The molecule has 8 N–H and O–H groups in total. The van der Waals surface area contributed by atoms with Crippen LogP contribution in [0.4, 0.5) is 4.79 Å². The molecule has 1 aromatic carbocycles. The molecule has 4 aliphatic heterocycles. The number of hydroxylamine groups is 1. The lowest BCUT2D eigenvalue weighted by molar-refractivity contribution is -0.336. The number of likely N-dealkylation sites (N-methyl/N-ethyl adjacent to an activating group) is 1. The second kappa shape index (κ2) is 32.0. The molecule has 1 aromatic rings. The minimum atomic E-state index is -2.07. The summed E-state index contributed by atoms with van der Waals surface area (Å²) in [7, 11) is 6.70. The number of carbonyl (C=O) groups is 4. The van der Waals surface area contributed by atoms with Gasteiger partial charge in [0.15, 0.2) is 41.3 Å². The van der Waals surface area contributed by atoms with E-state index in [0.29, 0.717) is 15.7 Å². The van der Waals surface area contributed by atoms with Gasteiger partial charge in [-0.3, -0.25) is 24.5 Å². The molecule has 17 unspecified atom stereocenters. The van der Waals surface area contributed by atoms with E-state index in [9.17, 15) is 44.7 Å². The second-order valence-electron chi connectivity index (χ2n) is 20.5. The van der Waals surface area contributed by atoms with Crippen molar-refractivity contribution in [3.63, 3.8) is 0 Å². The number of rotatable bonds is 21. The number of ketones is 1. The Labute approximate surface area is 516 Å². The van der Waals surface area contributed by atoms with Crippen molar-refractivity contribution in [1.82, 2.24) is 16.1 Å². The maximum Gasteiger partial charge on any atom is 0.411 e. The molecule has 1 amide bonds. The summed E-state index contributed by atoms with van der Waals surface area (Å²) < 4.78 is 72.3. The van der Waals surface area contributed by atoms with E-state index in [4.69, 9.17) is 61.7 Å². The minimum Gasteiger partial charge on any atom is -0.492 e. The predicted molar refractivity (Wildman–Crippen MR) is 316 cm³/mol. The third kappa shape index (κ3) is 17.1. The molecule has 28 heteroatoms. The second-order valence-corrected chi connectivity index (χ2v) is 23.9. The number of alkyl carbamates (subject to hydrolysis) is 1. The van der Waals surface area contributed by atoms with Gasteiger partial charge in [0.05, 0.1) is 90.6 Å². The summed E-state index contributed by atoms with van der Waals surface area (Å²) >= 11 is 3.70. The zero-order valence-corrected chi connectivity index (χ0v) is 53.3. The lowest BCUT2D eigenvalue weighted by Gasteiger charge is -2.46. The normalized spacial score (nSPS) is 35.4. The summed E-state index contributed by atoms with van der Waals surface area (Å²) in [6.45, 7) is 13.2. The number of methoxy groups -OCH3 is 5. The van der Waals surface area contributed by atoms with Crippen molar-refractivity contribution in [3.8, 4) is 40.9 Å². The molecule has 4 heterocycles. The first-order valence-electron chi connectivity index (χ1n) is 27.3. The standard InChI is InChI=1S/C57H78IN3O22S2/c1-14-59-33-25-76-37(24-36(33)71-9)81-50-45(66)43(28(4)78-55(50)80-35-19-17-15-16-18-21-57(8,70)32(20-22-84-31(7)63)40(35)42(27(3)62)60-56(69)75-13)61-83-38-23-34(64)52(30(6)77-38)85-53(68)39-26(2)41(58)48(51(74-12)47(39)72-10)82-54-46(67)49(73-11)44(65)29(5)79-54/h15-16,20,28-30,33-38,43-46,49-50,52,54-55,59,61,64-67,70H,14,22-25H2,1-13H3,(H,60,69)/b16-15-,32-20+,42-40+/t28?,29?,30?,33?,34?,35-,36?,37?,38?,43?,44?,45?,46?,49?,50?,52?,54?,55?,57+/m0/s1. The molecule has 0 spiro atoms. The highest BCUT2D eigenvalue weighted by atomic mass is 127. The molecule has 4 saturated heterocycles. The smallest absolute Gasteiger partial charge is 0.411 e. The van der Waals surface area contributed by atoms with Gasteiger partial charge in [-0.15, -0.1) is 0 Å². The number of amides is 1. The maximum absolute atomic E-state index is 14.4. The Morgan fingerprint density at radius 1 is 0.847 bits per heavy atom. The van der Waals surface area contributed by atoms with Crippen molar-refractivity contribution in [1.29, 1.82) is 0 Å². The summed E-state index contributed by atoms with van der Waals surface area (Å²) in [6, 6.07) is -1.33. The SMILES string of the molecule is CCNC1COC(OC2C(O[C@H]3C#C/C=C\C#C[C@@](C)(O)C(=C/CSC(C)=O)/C3=C(\NC(=O)OC)C(C)=O)OC(C)C(NOC3CC(O)C(SC(=O)c4c(C)c(I)c(OC5OC(C)C(O)C(OC)C5O)c(OC)c4OC)C(C)O3)C2O)CC1OC. The van der Waals surface area contributed by atoms with Crippen LogP contribution in [-0.4, -0.2) is 217 Å². The maximum atomic E-state index is 14.4. The molecule has 4 fully saturated rings. The fraction of sp³-hybridized carbons (Fsp3) is 0.649. The number of allylic oxidation sites excluding steroid dienone is 3. The van der Waals surface area contributed by atoms with Crippen molar-refractivity contribution in [2.75, 3.05) is 54.5 Å². The average molecular weight is 1350 g/mol. The van der Waals surface area contributed by atoms with E-state index < -0.39 is 132 Å². The lowest BCUT2D eigenvalue weighted by Crippen LogP contribution is -2.65. The van der Waals surface area contributed by atoms with Crippen LogP contribution in [0.1, 0.15) is 77.2 Å². The predicted octanol–water partition coefficient (Wildman–Crippen LogP) is 2.45. The number of Topliss-reactive ketones (excluding diaryl/α,β-unsaturated/α-hetero) is 1. The quantitative estimate of drug-likeness (QED) is 0.0379. The molecule has 0 bridgehead atoms. The number of hydrogen-bond acceptors (Lipinski definition) is 26. The van der Waals surface area contributed by atoms with Crippen LogP contribution in [0.2, 0.25) is 0 Å². The van der Waals surface area contributed by atoms with Gasteiger partial charge in [0.2, 0.25) is 17.2 Å². The van der Waals surface area contributed by atoms with Crippen LogP contribution < -0.4 is 30.3 Å². The Hall–Kier alpha value is -3.97. The molecular formula is C57H78IN3O22S2. The first kappa shape index (κ1) is 70.1. The summed E-state index contributed by atoms with van der Waals surface area (Å²) in [5.74, 6) is 10.7. The molecule has 0 saturated carbocycles. The Kier molecular flexibility index (Phi) is 26.4. The number of aliphatic hydroxyl groups excluding tert-OH is 4. The summed E-state index contributed by atoms with van der Waals surface area (Å²) in [4.78, 5) is 59.3. The van der Waals surface area contributed by atoms with Gasteiger partial charge in [-0.25, -0.2) is 4.79 Å². The van der Waals surface area contributed by atoms with Crippen LogP contribution in [0, 0.1) is 34.2 Å². The lowest BCUT2D eigenvalue weighted by atomic mass is 9.84. The van der Waals surface area contributed by atoms with Gasteiger partial charge in [-0.2, -0.15) is 5.48 Å². The van der Waals surface area contributed by atoms with E-state index in [0.717, 1.165) is 30.6 Å². The third-order valence-corrected chi connectivity index (χ3v) is 18.1. The van der Waals surface area contributed by atoms with E-state index in [1.807, 2.05) is 29.5 Å². The van der Waals surface area contributed by atoms with E-state index >= 15 is 0 Å². The molecule has 25 nitrogen and oxygen atoms in total. The zero-order chi connectivity index (χ0) is 62.6. The van der Waals surface area contributed by atoms with E-state index in [1.54, 1.807) is 34.8 Å². The van der Waals surface area contributed by atoms with Crippen molar-refractivity contribution >= 4 is 68.2 Å². The third-order valence-electron chi connectivity index (χ3n) is 14.6. The molecule has 6 rings (SSSR count). The molecule has 19 atom stereocenters. The number of hydrogen-bond donors (Lipinski definition) is 8. The Morgan fingerprint density at radius 2 is 1.54 bits per heavy atom. The topological polar surface area (TPSA) is 326 Å². The van der Waals surface area contributed by atoms with Gasteiger partial charge in [-0.05, 0) is 81.5 Å². The highest BCUT2D eigenvalue weighted by Gasteiger charge is 2.51. The summed E-state index contributed by atoms with van der Waals surface area (Å²) in [5.41, 5.74) is 0.716. The Bertz CT molecular complexity index is 2750. The van der Waals surface area contributed by atoms with E-state index in [-0.39, 0.29) is 70.3 Å². The van der Waals surface area contributed by atoms with Crippen molar-refractivity contribution in [2.45, 2.75) is 183 Å². The first-order valence-corrected chi connectivity index (χ1v) is 30.3. The number of aliphatic hydroxyl groups is 5. The van der Waals surface area contributed by atoms with E-state index in [1.165, 1.54) is 60.3 Å². The molecule has 85 heavy (non-hydrogen) atoms. The fourth-order valence-electron chi connectivity index (χ4n) is 10.2. The number of carbonyl (C=O) groups excluding carboxylic acids is 4. The molecule has 5 aliphatic rings. The van der Waals surface area contributed by atoms with Crippen LogP contribution in [0.15, 0.2) is 35.1 Å². The molecule has 0 radical (unpaired) electrons. The van der Waals surface area contributed by atoms with Crippen LogP contribution >= 0.6 is 46.1 Å². The van der Waals surface area contributed by atoms with Crippen molar-refractivity contribution in [3.05, 3.63) is 49.8 Å². The van der Waals surface area contributed by atoms with Crippen molar-refractivity contribution < 1.29 is 106 Å². The number of ether oxygens (including phenoxy) is 12. The van der Waals surface area contributed by atoms with Crippen molar-refractivity contribution in [2.24, 2.45) is 0 Å². The number of thioether (sulfide) groups is 2. The summed E-state index contributed by atoms with van der Waals surface area (Å²) in [5, 5.41) is 62.1. The molecule has 0 aromatic heterocycles. The van der Waals surface area contributed by atoms with Gasteiger partial charge in [0, 0.05) is 57.8 Å². The highest BCUT2D eigenvalue weighted by Crippen LogP contribution is 2.49. The first-order chi connectivity index (χ1) is 40.4. The van der Waals surface area contributed by atoms with Gasteiger partial charge in [-0.1, -0.05) is 60.2 Å². The zero-order valence-electron chi connectivity index (χ0n) is 49.5. The average Bonchev–Trinajstić information content (AvgIpc) is 1.43. The van der Waals surface area contributed by atoms with E-state index in [2.05, 4.69) is 39.8 Å². The number of benzene rings is 1. The van der Waals surface area contributed by atoms with Crippen LogP contribution in [0.3, 0.4) is 0 Å². The molecule has 1 aliphatic carbocycles. The molecular weight excluding hydrogens is 1270 g/mol. The van der Waals surface area contributed by atoms with Gasteiger partial charge in [0.25, 0.3) is 0 Å². The van der Waals surface area contributed by atoms with Crippen LogP contribution in [0.5, 0.6) is 17.2 Å². The largest absolute Gasteiger partial charge is 0.492 e. The van der Waals surface area contributed by atoms with Gasteiger partial charge < -0.3 is 87.7 Å². The number of nitrogens with one attached hydrogen (secondary N) is 3.